The van der Waals surface area contributed by atoms with Crippen LogP contribution >= 0.6 is 0 Å². The number of allylic oxidation sites excluding steroid dienone is 2. The van der Waals surface area contributed by atoms with E-state index in [2.05, 4.69) is 10.2 Å². The largest absolute Gasteiger partial charge is 1.00 e. The maximum atomic E-state index is 10.7. The first-order chi connectivity index (χ1) is 4.83. The summed E-state index contributed by atoms with van der Waals surface area (Å²) in [5.41, 5.74) is 0.261. The van der Waals surface area contributed by atoms with E-state index in [-0.39, 0.29) is 62.7 Å². The van der Waals surface area contributed by atoms with Crippen LogP contribution < -0.4 is 56.5 Å². The van der Waals surface area contributed by atoms with Crippen molar-refractivity contribution < 1.29 is 56.5 Å². The quantitative estimate of drug-likeness (QED) is 0.295. The van der Waals surface area contributed by atoms with Crippen LogP contribution in [0.5, 0.6) is 0 Å². The van der Waals surface area contributed by atoms with Crippen LogP contribution in [0, 0.1) is 0 Å². The topological polar surface area (TPSA) is 47.8 Å². The molecule has 3 nitrogen and oxygen atoms in total. The molecule has 0 radical (unpaired) electrons. The summed E-state index contributed by atoms with van der Waals surface area (Å²) in [6.45, 7) is 8.95. The van der Waals surface area contributed by atoms with Crippen molar-refractivity contribution in [2.75, 3.05) is 0 Å². The van der Waals surface area contributed by atoms with Gasteiger partial charge < -0.3 is 5.11 Å². The third-order valence-corrected chi connectivity index (χ3v) is 1.01. The van der Waals surface area contributed by atoms with E-state index in [1.165, 1.54) is 6.92 Å². The number of rotatable bonds is 1. The normalized spacial score (nSPS) is 14.1. The molecule has 0 atom stereocenters. The molecule has 0 rings (SSSR count). The third-order valence-electron chi connectivity index (χ3n) is 1.01. The first-order valence-electron chi connectivity index (χ1n) is 3.60. The molecule has 64 valence electrons. The summed E-state index contributed by atoms with van der Waals surface area (Å²) in [5, 5.41) is 18.4. The minimum absolute atomic E-state index is 0. The second-order valence-electron chi connectivity index (χ2n) is 3.51. The predicted molar refractivity (Wildman–Crippen MR) is 43.0 cm³/mol. The third kappa shape index (κ3) is 8.87. The van der Waals surface area contributed by atoms with Crippen LogP contribution in [0.25, 0.3) is 0 Å². The zero-order valence-corrected chi connectivity index (χ0v) is 11.9. The molecule has 0 aliphatic carbocycles. The molecule has 0 heterocycles. The fourth-order valence-electron chi connectivity index (χ4n) is 0.295. The van der Waals surface area contributed by atoms with Crippen molar-refractivity contribution in [2.45, 2.75) is 40.2 Å². The molecular formula is C8H15KN2O. The van der Waals surface area contributed by atoms with E-state index in [1.807, 2.05) is 20.8 Å². The molecule has 0 saturated heterocycles. The van der Waals surface area contributed by atoms with Crippen molar-refractivity contribution in [3.63, 3.8) is 0 Å². The molecule has 0 unspecified atom stereocenters. The van der Waals surface area contributed by atoms with E-state index < -0.39 is 0 Å². The minimum atomic E-state index is -0.198. The average molecular weight is 194 g/mol. The molecule has 0 fully saturated rings. The fraction of sp³-hybridized carbons (Fsp3) is 0.750. The van der Waals surface area contributed by atoms with Crippen LogP contribution in [0.4, 0.5) is 0 Å². The number of azo groups is 1. The Kier molecular flexibility index (Phi) is 7.96. The molecule has 0 spiro atoms. The molecule has 0 N–H and O–H groups in total. The maximum absolute atomic E-state index is 10.7. The van der Waals surface area contributed by atoms with Crippen LogP contribution in [-0.2, 0) is 0 Å². The van der Waals surface area contributed by atoms with E-state index >= 15 is 0 Å². The van der Waals surface area contributed by atoms with E-state index in [1.54, 1.807) is 6.92 Å². The van der Waals surface area contributed by atoms with Crippen LogP contribution in [0.2, 0.25) is 0 Å². The van der Waals surface area contributed by atoms with E-state index in [9.17, 15) is 5.11 Å². The predicted octanol–water partition coefficient (Wildman–Crippen LogP) is -1.15. The van der Waals surface area contributed by atoms with Gasteiger partial charge in [-0.25, -0.2) is 0 Å². The molecule has 4 heteroatoms. The van der Waals surface area contributed by atoms with Gasteiger partial charge in [0, 0.05) is 5.70 Å². The van der Waals surface area contributed by atoms with Gasteiger partial charge in [0.2, 0.25) is 0 Å². The molecule has 0 aromatic heterocycles. The van der Waals surface area contributed by atoms with E-state index in [4.69, 9.17) is 0 Å². The molecular weight excluding hydrogens is 179 g/mol. The summed E-state index contributed by atoms with van der Waals surface area (Å²) in [6.07, 6.45) is 0. The van der Waals surface area contributed by atoms with Gasteiger partial charge in [0.05, 0.1) is 5.54 Å². The Hall–Kier alpha value is 0.776. The standard InChI is InChI=1S/C8H16N2O.K/c1-6(7(2)11)9-10-8(3,4)5;/h11H,1-5H3;/q;+1/p-1/b7-6+,10-9?;. The summed E-state index contributed by atoms with van der Waals surface area (Å²) in [4.78, 5) is 0. The Labute approximate surface area is 117 Å². The fourth-order valence-corrected chi connectivity index (χ4v) is 0.295. The van der Waals surface area contributed by atoms with Gasteiger partial charge in [-0.05, 0) is 27.7 Å². The molecule has 0 aromatic rings. The van der Waals surface area contributed by atoms with Crippen LogP contribution in [0.1, 0.15) is 34.6 Å². The van der Waals surface area contributed by atoms with Crippen LogP contribution in [0.15, 0.2) is 21.7 Å². The molecule has 0 aromatic carbocycles. The van der Waals surface area contributed by atoms with Crippen LogP contribution in [-0.4, -0.2) is 5.54 Å². The zero-order valence-electron chi connectivity index (χ0n) is 8.80. The monoisotopic (exact) mass is 194 g/mol. The molecule has 0 aliphatic rings. The number of hydrogen-bond donors (Lipinski definition) is 0. The molecule has 0 bridgehead atoms. The van der Waals surface area contributed by atoms with Gasteiger partial charge in [-0.1, -0.05) is 6.92 Å². The summed E-state index contributed by atoms with van der Waals surface area (Å²) in [6, 6.07) is 0. The average Bonchev–Trinajstić information content (AvgIpc) is 1.80. The first kappa shape index (κ1) is 15.3. The number of nitrogens with zero attached hydrogens (tertiary/aromatic N) is 2. The van der Waals surface area contributed by atoms with Gasteiger partial charge in [-0.2, -0.15) is 10.2 Å². The van der Waals surface area contributed by atoms with Crippen LogP contribution in [0.3, 0.4) is 0 Å². The summed E-state index contributed by atoms with van der Waals surface area (Å²) >= 11 is 0. The molecule has 0 amide bonds. The van der Waals surface area contributed by atoms with Gasteiger partial charge in [0.1, 0.15) is 0 Å². The van der Waals surface area contributed by atoms with Crippen molar-refractivity contribution >= 4 is 0 Å². The Morgan fingerprint density at radius 3 is 1.83 bits per heavy atom. The Morgan fingerprint density at radius 2 is 1.58 bits per heavy atom. The molecule has 0 aliphatic heterocycles. The summed E-state index contributed by atoms with van der Waals surface area (Å²) < 4.78 is 0. The van der Waals surface area contributed by atoms with Gasteiger partial charge in [-0.15, -0.1) is 5.76 Å². The van der Waals surface area contributed by atoms with Gasteiger partial charge in [-0.3, -0.25) is 0 Å². The smallest absolute Gasteiger partial charge is 0.874 e. The molecule has 0 saturated carbocycles. The second kappa shape index (κ2) is 6.26. The van der Waals surface area contributed by atoms with E-state index in [0.29, 0.717) is 5.70 Å². The van der Waals surface area contributed by atoms with Gasteiger partial charge in [0.15, 0.2) is 0 Å². The Balaban J connectivity index is 0. The second-order valence-corrected chi connectivity index (χ2v) is 3.51. The minimum Gasteiger partial charge on any atom is -0.874 e. The Morgan fingerprint density at radius 1 is 1.17 bits per heavy atom. The van der Waals surface area contributed by atoms with Crippen molar-refractivity contribution in [2.24, 2.45) is 10.2 Å². The van der Waals surface area contributed by atoms with Crippen molar-refractivity contribution in [1.29, 1.82) is 0 Å². The Bertz CT molecular complexity index is 188. The molecule has 12 heavy (non-hydrogen) atoms. The number of hydrogen-bond acceptors (Lipinski definition) is 3. The summed E-state index contributed by atoms with van der Waals surface area (Å²) in [7, 11) is 0. The van der Waals surface area contributed by atoms with Gasteiger partial charge >= 0.3 is 51.4 Å². The van der Waals surface area contributed by atoms with Crippen molar-refractivity contribution in [1.82, 2.24) is 0 Å². The summed E-state index contributed by atoms with van der Waals surface area (Å²) in [5.74, 6) is -0.0296. The first-order valence-corrected chi connectivity index (χ1v) is 3.60. The van der Waals surface area contributed by atoms with Crippen molar-refractivity contribution in [3.05, 3.63) is 11.5 Å². The van der Waals surface area contributed by atoms with E-state index in [0.717, 1.165) is 0 Å². The zero-order chi connectivity index (χ0) is 9.07. The maximum Gasteiger partial charge on any atom is 1.00 e. The SMILES string of the molecule is C/C([O-])=C(/C)N=NC(C)(C)C.[K+]. The van der Waals surface area contributed by atoms with Gasteiger partial charge in [0.25, 0.3) is 0 Å². The van der Waals surface area contributed by atoms with Crippen molar-refractivity contribution in [3.8, 4) is 0 Å².